The monoisotopic (exact) mass is 576 g/mol. The maximum atomic E-state index is 14.2. The maximum absolute atomic E-state index is 14.2. The molecule has 1 fully saturated rings. The Hall–Kier alpha value is -4.82. The molecule has 8 heteroatoms. The van der Waals surface area contributed by atoms with Gasteiger partial charge in [-0.25, -0.2) is 0 Å². The van der Waals surface area contributed by atoms with Crippen LogP contribution in [0.2, 0.25) is 0 Å². The molecule has 1 saturated heterocycles. The molecule has 43 heavy (non-hydrogen) atoms. The number of rotatable bonds is 7. The molecule has 2 aliphatic heterocycles. The number of ether oxygens (including phenoxy) is 2. The first-order chi connectivity index (χ1) is 21.0. The number of hydrogen-bond acceptors (Lipinski definition) is 5. The summed E-state index contributed by atoms with van der Waals surface area (Å²) in [5, 5.41) is 0. The molecule has 0 spiro atoms. The van der Waals surface area contributed by atoms with Crippen LogP contribution in [0.3, 0.4) is 0 Å². The summed E-state index contributed by atoms with van der Waals surface area (Å²) in [5.41, 5.74) is 5.62. The van der Waals surface area contributed by atoms with E-state index in [2.05, 4.69) is 16.0 Å². The van der Waals surface area contributed by atoms with Crippen LogP contribution >= 0.6 is 0 Å². The zero-order chi connectivity index (χ0) is 29.9. The van der Waals surface area contributed by atoms with Gasteiger partial charge in [0.25, 0.3) is 11.8 Å². The molecular formula is C35H36N4O4. The lowest BCUT2D eigenvalue weighted by molar-refractivity contribution is 0.0639. The molecular weight excluding hydrogens is 540 g/mol. The van der Waals surface area contributed by atoms with E-state index in [1.54, 1.807) is 25.2 Å². The van der Waals surface area contributed by atoms with Crippen molar-refractivity contribution in [3.8, 4) is 22.6 Å². The van der Waals surface area contributed by atoms with E-state index in [0.717, 1.165) is 53.5 Å². The lowest BCUT2D eigenvalue weighted by atomic mass is 10.0. The molecule has 6 rings (SSSR count). The van der Waals surface area contributed by atoms with Crippen molar-refractivity contribution in [2.75, 3.05) is 51.8 Å². The van der Waals surface area contributed by atoms with Gasteiger partial charge in [0.05, 0.1) is 27.3 Å². The van der Waals surface area contributed by atoms with Crippen LogP contribution in [0.1, 0.15) is 32.1 Å². The number of amides is 2. The first kappa shape index (κ1) is 28.3. The number of piperazine rings is 1. The van der Waals surface area contributed by atoms with Crippen LogP contribution in [0.15, 0.2) is 91.5 Å². The molecule has 0 unspecified atom stereocenters. The Labute approximate surface area is 252 Å². The predicted octanol–water partition coefficient (Wildman–Crippen LogP) is 5.32. The number of carbonyl (C=O) groups is 2. The minimum Gasteiger partial charge on any atom is -0.496 e. The zero-order valence-electron chi connectivity index (χ0n) is 24.7. The number of nitrogens with zero attached hydrogens (tertiary/aromatic N) is 4. The maximum Gasteiger partial charge on any atom is 0.270 e. The third-order valence-electron chi connectivity index (χ3n) is 8.36. The first-order valence-corrected chi connectivity index (χ1v) is 14.5. The summed E-state index contributed by atoms with van der Waals surface area (Å²) in [6, 6.07) is 25.1. The van der Waals surface area contributed by atoms with Crippen LogP contribution in [0.5, 0.6) is 11.5 Å². The lowest BCUT2D eigenvalue weighted by Gasteiger charge is -2.34. The van der Waals surface area contributed by atoms with Crippen molar-refractivity contribution < 1.29 is 19.1 Å². The highest BCUT2D eigenvalue weighted by molar-refractivity contribution is 6.07. The van der Waals surface area contributed by atoms with E-state index in [1.165, 1.54) is 0 Å². The fourth-order valence-electron chi connectivity index (χ4n) is 6.08. The van der Waals surface area contributed by atoms with Crippen molar-refractivity contribution in [1.82, 2.24) is 14.4 Å². The molecule has 0 aliphatic carbocycles. The first-order valence-electron chi connectivity index (χ1n) is 14.5. The fraction of sp³-hybridized carbons (Fsp3) is 0.257. The third kappa shape index (κ3) is 5.42. The van der Waals surface area contributed by atoms with E-state index in [0.29, 0.717) is 43.2 Å². The number of anilines is 1. The van der Waals surface area contributed by atoms with Gasteiger partial charge in [0.2, 0.25) is 0 Å². The van der Waals surface area contributed by atoms with Crippen LogP contribution < -0.4 is 14.4 Å². The average molecular weight is 577 g/mol. The van der Waals surface area contributed by atoms with E-state index >= 15 is 0 Å². The Morgan fingerprint density at radius 2 is 1.51 bits per heavy atom. The highest BCUT2D eigenvalue weighted by atomic mass is 16.5. The van der Waals surface area contributed by atoms with E-state index in [1.807, 2.05) is 83.8 Å². The number of aromatic nitrogens is 1. The van der Waals surface area contributed by atoms with Crippen molar-refractivity contribution in [3.05, 3.63) is 114 Å². The summed E-state index contributed by atoms with van der Waals surface area (Å²) in [4.78, 5) is 33.9. The number of fused-ring (bicyclic) bond motifs is 2. The minimum absolute atomic E-state index is 0.0263. The number of para-hydroxylation sites is 2. The molecule has 1 aromatic heterocycles. The molecule has 0 bridgehead atoms. The van der Waals surface area contributed by atoms with Crippen LogP contribution in [0.4, 0.5) is 5.69 Å². The second-order valence-electron chi connectivity index (χ2n) is 10.8. The summed E-state index contributed by atoms with van der Waals surface area (Å²) in [5.74, 6) is 1.20. The summed E-state index contributed by atoms with van der Waals surface area (Å²) in [6.07, 6.45) is 1.90. The molecule has 4 aromatic rings. The molecule has 0 atom stereocenters. The second-order valence-corrected chi connectivity index (χ2v) is 10.8. The van der Waals surface area contributed by atoms with Gasteiger partial charge in [-0.2, -0.15) is 0 Å². The smallest absolute Gasteiger partial charge is 0.270 e. The van der Waals surface area contributed by atoms with Crippen LogP contribution in [0, 0.1) is 0 Å². The van der Waals surface area contributed by atoms with Gasteiger partial charge in [0.1, 0.15) is 17.2 Å². The van der Waals surface area contributed by atoms with Gasteiger partial charge >= 0.3 is 0 Å². The Balaban J connectivity index is 1.31. The third-order valence-corrected chi connectivity index (χ3v) is 8.36. The Morgan fingerprint density at radius 3 is 2.28 bits per heavy atom. The van der Waals surface area contributed by atoms with E-state index in [4.69, 9.17) is 9.47 Å². The van der Waals surface area contributed by atoms with Gasteiger partial charge in [-0.15, -0.1) is 6.58 Å². The molecule has 0 N–H and O–H groups in total. The van der Waals surface area contributed by atoms with Crippen molar-refractivity contribution >= 4 is 17.5 Å². The van der Waals surface area contributed by atoms with Crippen molar-refractivity contribution in [3.63, 3.8) is 0 Å². The van der Waals surface area contributed by atoms with Crippen LogP contribution in [-0.4, -0.2) is 73.1 Å². The highest BCUT2D eigenvalue weighted by Gasteiger charge is 2.30. The molecule has 3 aromatic carbocycles. The molecule has 3 heterocycles. The molecule has 8 nitrogen and oxygen atoms in total. The predicted molar refractivity (Wildman–Crippen MR) is 168 cm³/mol. The number of hydrogen-bond donors (Lipinski definition) is 0. The largest absolute Gasteiger partial charge is 0.496 e. The summed E-state index contributed by atoms with van der Waals surface area (Å²) in [6.45, 7) is 8.53. The number of benzene rings is 3. The second kappa shape index (κ2) is 12.2. The van der Waals surface area contributed by atoms with Crippen molar-refractivity contribution in [2.45, 2.75) is 13.1 Å². The SMILES string of the molecule is C=CCN1CCN(C(=O)c2ccc3n2Cc2ccccc2N(C(=O)c2ccc(-c4ccccc4OC)c(OC)c2)C3)CC1. The highest BCUT2D eigenvalue weighted by Crippen LogP contribution is 2.38. The Kier molecular flexibility index (Phi) is 8.03. The zero-order valence-corrected chi connectivity index (χ0v) is 24.7. The van der Waals surface area contributed by atoms with Gasteiger partial charge in [0, 0.05) is 60.8 Å². The molecule has 220 valence electrons. The van der Waals surface area contributed by atoms with E-state index < -0.39 is 0 Å². The quantitative estimate of drug-likeness (QED) is 0.279. The number of carbonyl (C=O) groups excluding carboxylic acids is 2. The Bertz CT molecular complexity index is 1670. The van der Waals surface area contributed by atoms with E-state index in [9.17, 15) is 9.59 Å². The van der Waals surface area contributed by atoms with Gasteiger partial charge in [-0.1, -0.05) is 42.5 Å². The summed E-state index contributed by atoms with van der Waals surface area (Å²) >= 11 is 0. The lowest BCUT2D eigenvalue weighted by Crippen LogP contribution is -2.49. The fourth-order valence-corrected chi connectivity index (χ4v) is 6.08. The van der Waals surface area contributed by atoms with Crippen molar-refractivity contribution in [2.24, 2.45) is 0 Å². The average Bonchev–Trinajstić information content (AvgIpc) is 3.37. The Morgan fingerprint density at radius 1 is 0.791 bits per heavy atom. The minimum atomic E-state index is -0.141. The van der Waals surface area contributed by atoms with Gasteiger partial charge in [-0.3, -0.25) is 14.5 Å². The summed E-state index contributed by atoms with van der Waals surface area (Å²) < 4.78 is 13.4. The molecule has 0 saturated carbocycles. The molecule has 0 radical (unpaired) electrons. The van der Waals surface area contributed by atoms with Crippen molar-refractivity contribution in [1.29, 1.82) is 0 Å². The molecule has 2 amide bonds. The standard InChI is InChI=1S/C35H36N4O4/c1-4-17-36-18-20-37(21-19-36)35(41)31-16-14-27-24-39(30-11-7-5-9-26(30)23-38(27)31)34(40)25-13-15-29(33(22-25)43-3)28-10-6-8-12-32(28)42-2/h4-16,22H,1,17-21,23-24H2,2-3H3. The molecule has 2 aliphatic rings. The number of methoxy groups -OCH3 is 2. The van der Waals surface area contributed by atoms with Gasteiger partial charge < -0.3 is 23.8 Å². The van der Waals surface area contributed by atoms with E-state index in [-0.39, 0.29) is 11.8 Å². The van der Waals surface area contributed by atoms with Gasteiger partial charge in [0.15, 0.2) is 0 Å². The summed E-state index contributed by atoms with van der Waals surface area (Å²) in [7, 11) is 3.24. The topological polar surface area (TPSA) is 67.2 Å². The van der Waals surface area contributed by atoms with Crippen LogP contribution in [-0.2, 0) is 13.1 Å². The van der Waals surface area contributed by atoms with Gasteiger partial charge in [-0.05, 0) is 48.0 Å². The normalized spacial score (nSPS) is 14.8. The van der Waals surface area contributed by atoms with Crippen LogP contribution in [0.25, 0.3) is 11.1 Å².